The zero-order valence-corrected chi connectivity index (χ0v) is 13.4. The van der Waals surface area contributed by atoms with Gasteiger partial charge in [-0.15, -0.1) is 0 Å². The molecule has 1 atom stereocenters. The highest BCUT2D eigenvalue weighted by molar-refractivity contribution is 6.44. The third kappa shape index (κ3) is 4.06. The Morgan fingerprint density at radius 1 is 1.21 bits per heavy atom. The summed E-state index contributed by atoms with van der Waals surface area (Å²) in [5.74, 6) is -4.70. The van der Waals surface area contributed by atoms with Gasteiger partial charge in [0.05, 0.1) is 0 Å². The lowest BCUT2D eigenvalue weighted by Crippen LogP contribution is -2.51. The van der Waals surface area contributed by atoms with Crippen molar-refractivity contribution < 1.29 is 33.9 Å². The second-order valence-electron chi connectivity index (χ2n) is 5.12. The molecule has 1 aliphatic heterocycles. The Morgan fingerprint density at radius 2 is 1.79 bits per heavy atom. The van der Waals surface area contributed by atoms with Crippen molar-refractivity contribution in [3.05, 3.63) is 0 Å². The summed E-state index contributed by atoms with van der Waals surface area (Å²) >= 11 is 0. The van der Waals surface area contributed by atoms with E-state index in [9.17, 15) is 28.8 Å². The summed E-state index contributed by atoms with van der Waals surface area (Å²) < 4.78 is 0. The number of rotatable bonds is 7. The number of aliphatic carboxylic acids is 1. The average Bonchev–Trinajstić information content (AvgIpc) is 2.68. The molecular formula is C13H18N4O7. The van der Waals surface area contributed by atoms with E-state index in [1.165, 1.54) is 13.8 Å². The molecule has 0 aliphatic carbocycles. The highest BCUT2D eigenvalue weighted by Crippen LogP contribution is 2.11. The minimum atomic E-state index is -1.29. The molecule has 6 amide bonds. The monoisotopic (exact) mass is 342 g/mol. The van der Waals surface area contributed by atoms with Gasteiger partial charge in [-0.2, -0.15) is 0 Å². The van der Waals surface area contributed by atoms with Crippen LogP contribution in [0.3, 0.4) is 0 Å². The van der Waals surface area contributed by atoms with Crippen molar-refractivity contribution >= 4 is 35.6 Å². The molecule has 0 aromatic carbocycles. The van der Waals surface area contributed by atoms with E-state index in [1.807, 2.05) is 0 Å². The van der Waals surface area contributed by atoms with Crippen molar-refractivity contribution in [2.45, 2.75) is 19.9 Å². The molecule has 1 saturated heterocycles. The fraction of sp³-hybridized carbons (Fsp3) is 0.538. The van der Waals surface area contributed by atoms with Crippen molar-refractivity contribution in [3.8, 4) is 0 Å². The lowest BCUT2D eigenvalue weighted by Gasteiger charge is -2.27. The number of carbonyl (C=O) groups excluding carboxylic acids is 5. The molecule has 1 rings (SSSR count). The van der Waals surface area contributed by atoms with Crippen LogP contribution in [-0.4, -0.2) is 88.2 Å². The zero-order chi connectivity index (χ0) is 18.6. The minimum Gasteiger partial charge on any atom is -0.480 e. The van der Waals surface area contributed by atoms with Gasteiger partial charge in [-0.05, 0) is 6.92 Å². The topological polar surface area (TPSA) is 144 Å². The predicted octanol–water partition coefficient (Wildman–Crippen LogP) is -2.16. The molecule has 1 aliphatic rings. The quantitative estimate of drug-likeness (QED) is 0.396. The molecule has 0 radical (unpaired) electrons. The second-order valence-corrected chi connectivity index (χ2v) is 5.12. The molecule has 2 N–H and O–H groups in total. The standard InChI is InChI=1S/C13H18N4O7/c1-7(12(22)23)16(5-4-14-8(2)18)9(19)6-17-11(21)10(20)15(3)13(17)24/h7H,4-6H2,1-3H3,(H,14,18)(H,22,23). The number of carbonyl (C=O) groups is 6. The summed E-state index contributed by atoms with van der Waals surface area (Å²) in [6, 6.07) is -2.20. The first-order valence-electron chi connectivity index (χ1n) is 6.98. The number of carboxylic acid groups (broad SMARTS) is 1. The molecule has 0 aromatic heterocycles. The van der Waals surface area contributed by atoms with E-state index in [4.69, 9.17) is 5.11 Å². The smallest absolute Gasteiger partial charge is 0.334 e. The van der Waals surface area contributed by atoms with Gasteiger partial charge in [0.15, 0.2) is 0 Å². The SMILES string of the molecule is CC(=O)NCCN(C(=O)CN1C(=O)C(=O)N(C)C1=O)C(C)C(=O)O. The van der Waals surface area contributed by atoms with E-state index in [2.05, 4.69) is 5.32 Å². The van der Waals surface area contributed by atoms with Gasteiger partial charge >= 0.3 is 23.8 Å². The first kappa shape index (κ1) is 19.1. The highest BCUT2D eigenvalue weighted by Gasteiger charge is 2.44. The molecule has 132 valence electrons. The Kier molecular flexibility index (Phi) is 5.98. The fourth-order valence-electron chi connectivity index (χ4n) is 2.00. The number of urea groups is 1. The van der Waals surface area contributed by atoms with Crippen molar-refractivity contribution in [2.75, 3.05) is 26.7 Å². The summed E-state index contributed by atoms with van der Waals surface area (Å²) in [6.07, 6.45) is 0. The van der Waals surface area contributed by atoms with Crippen LogP contribution in [0.1, 0.15) is 13.8 Å². The predicted molar refractivity (Wildman–Crippen MR) is 77.4 cm³/mol. The Labute approximate surface area is 137 Å². The number of hydrogen-bond donors (Lipinski definition) is 2. The molecule has 0 aromatic rings. The number of likely N-dealkylation sites (N-methyl/N-ethyl adjacent to an activating group) is 1. The molecule has 1 fully saturated rings. The molecule has 1 unspecified atom stereocenters. The summed E-state index contributed by atoms with van der Waals surface area (Å²) in [5, 5.41) is 11.5. The maximum absolute atomic E-state index is 12.3. The van der Waals surface area contributed by atoms with Gasteiger partial charge in [0.25, 0.3) is 0 Å². The van der Waals surface area contributed by atoms with E-state index in [-0.39, 0.29) is 19.0 Å². The van der Waals surface area contributed by atoms with Crippen molar-refractivity contribution in [3.63, 3.8) is 0 Å². The number of imide groups is 2. The van der Waals surface area contributed by atoms with Crippen LogP contribution in [0.25, 0.3) is 0 Å². The fourth-order valence-corrected chi connectivity index (χ4v) is 2.00. The van der Waals surface area contributed by atoms with Crippen LogP contribution in [0.4, 0.5) is 4.79 Å². The first-order valence-corrected chi connectivity index (χ1v) is 6.98. The lowest BCUT2D eigenvalue weighted by atomic mass is 10.2. The lowest BCUT2D eigenvalue weighted by molar-refractivity contribution is -0.150. The van der Waals surface area contributed by atoms with Crippen molar-refractivity contribution in [1.29, 1.82) is 0 Å². The van der Waals surface area contributed by atoms with E-state index < -0.39 is 42.3 Å². The van der Waals surface area contributed by atoms with Crippen LogP contribution in [0.2, 0.25) is 0 Å². The number of nitrogens with zero attached hydrogens (tertiary/aromatic N) is 3. The normalized spacial score (nSPS) is 15.5. The van der Waals surface area contributed by atoms with Crippen LogP contribution in [0.5, 0.6) is 0 Å². The molecule has 24 heavy (non-hydrogen) atoms. The highest BCUT2D eigenvalue weighted by atomic mass is 16.4. The van der Waals surface area contributed by atoms with Crippen LogP contribution >= 0.6 is 0 Å². The van der Waals surface area contributed by atoms with Crippen LogP contribution in [0, 0.1) is 0 Å². The molecule has 0 spiro atoms. The van der Waals surface area contributed by atoms with Crippen LogP contribution in [-0.2, 0) is 24.0 Å². The summed E-state index contributed by atoms with van der Waals surface area (Å²) in [6.45, 7) is 1.62. The van der Waals surface area contributed by atoms with Gasteiger partial charge in [-0.1, -0.05) is 0 Å². The molecular weight excluding hydrogens is 324 g/mol. The zero-order valence-electron chi connectivity index (χ0n) is 13.4. The Bertz CT molecular complexity index is 603. The number of amides is 6. The first-order chi connectivity index (χ1) is 11.1. The van der Waals surface area contributed by atoms with E-state index in [0.29, 0.717) is 9.80 Å². The Balaban J connectivity index is 2.86. The van der Waals surface area contributed by atoms with E-state index >= 15 is 0 Å². The maximum Gasteiger partial charge on any atom is 0.334 e. The van der Waals surface area contributed by atoms with Gasteiger partial charge < -0.3 is 15.3 Å². The van der Waals surface area contributed by atoms with Crippen molar-refractivity contribution in [2.24, 2.45) is 0 Å². The Hall–Kier alpha value is -2.98. The molecule has 11 nitrogen and oxygen atoms in total. The number of nitrogens with one attached hydrogen (secondary N) is 1. The van der Waals surface area contributed by atoms with E-state index in [1.54, 1.807) is 0 Å². The van der Waals surface area contributed by atoms with Crippen molar-refractivity contribution in [1.82, 2.24) is 20.0 Å². The molecule has 0 saturated carbocycles. The van der Waals surface area contributed by atoms with Crippen LogP contribution in [0.15, 0.2) is 0 Å². The molecule has 11 heteroatoms. The van der Waals surface area contributed by atoms with E-state index in [0.717, 1.165) is 11.9 Å². The number of hydrogen-bond acceptors (Lipinski definition) is 6. The van der Waals surface area contributed by atoms with Crippen LogP contribution < -0.4 is 5.32 Å². The molecule has 1 heterocycles. The summed E-state index contributed by atoms with van der Waals surface area (Å²) in [5.41, 5.74) is 0. The molecule has 0 bridgehead atoms. The average molecular weight is 342 g/mol. The summed E-state index contributed by atoms with van der Waals surface area (Å²) in [7, 11) is 1.10. The number of carboxylic acids is 1. The third-order valence-corrected chi connectivity index (χ3v) is 3.42. The van der Waals surface area contributed by atoms with Gasteiger partial charge in [-0.3, -0.25) is 24.1 Å². The third-order valence-electron chi connectivity index (χ3n) is 3.42. The second kappa shape index (κ2) is 7.53. The van der Waals surface area contributed by atoms with Gasteiger partial charge in [-0.25, -0.2) is 14.5 Å². The minimum absolute atomic E-state index is 0.000576. The van der Waals surface area contributed by atoms with Gasteiger partial charge in [0.2, 0.25) is 11.8 Å². The Morgan fingerprint density at radius 3 is 2.21 bits per heavy atom. The van der Waals surface area contributed by atoms with Gasteiger partial charge in [0.1, 0.15) is 12.6 Å². The van der Waals surface area contributed by atoms with Gasteiger partial charge in [0, 0.05) is 27.1 Å². The maximum atomic E-state index is 12.3. The largest absolute Gasteiger partial charge is 0.480 e. The summed E-state index contributed by atoms with van der Waals surface area (Å²) in [4.78, 5) is 71.0.